The molecule has 1 N–H and O–H groups in total. The number of sulfonamides is 1. The SMILES string of the molecule is Cc1ccc(S(=O)(=O)N(CC(=O)N/N=C/c2cc(C)n(-c3ccc(F)cc3)c2C)c2cccc(Cl)c2C)cc1. The van der Waals surface area contributed by atoms with E-state index in [1.54, 1.807) is 49.4 Å². The maximum Gasteiger partial charge on any atom is 0.264 e. The van der Waals surface area contributed by atoms with E-state index in [1.807, 2.05) is 31.4 Å². The van der Waals surface area contributed by atoms with Crippen LogP contribution in [-0.4, -0.2) is 31.7 Å². The molecule has 1 aromatic heterocycles. The second-order valence-electron chi connectivity index (χ2n) is 9.14. The lowest BCUT2D eigenvalue weighted by Crippen LogP contribution is -2.40. The summed E-state index contributed by atoms with van der Waals surface area (Å²) in [6.07, 6.45) is 1.49. The van der Waals surface area contributed by atoms with Gasteiger partial charge in [-0.2, -0.15) is 5.10 Å². The summed E-state index contributed by atoms with van der Waals surface area (Å²) >= 11 is 6.28. The monoisotopic (exact) mass is 566 g/mol. The Morgan fingerprint density at radius 2 is 1.69 bits per heavy atom. The van der Waals surface area contributed by atoms with Crippen molar-refractivity contribution in [2.24, 2.45) is 5.10 Å². The van der Waals surface area contributed by atoms with Gasteiger partial charge >= 0.3 is 0 Å². The fourth-order valence-corrected chi connectivity index (χ4v) is 5.90. The fourth-order valence-electron chi connectivity index (χ4n) is 4.25. The zero-order chi connectivity index (χ0) is 28.3. The van der Waals surface area contributed by atoms with Gasteiger partial charge in [-0.1, -0.05) is 35.4 Å². The van der Waals surface area contributed by atoms with E-state index < -0.39 is 22.5 Å². The zero-order valence-corrected chi connectivity index (χ0v) is 23.5. The van der Waals surface area contributed by atoms with E-state index in [0.717, 1.165) is 32.5 Å². The van der Waals surface area contributed by atoms with Gasteiger partial charge in [0, 0.05) is 27.7 Å². The Morgan fingerprint density at radius 1 is 1.03 bits per heavy atom. The molecule has 0 saturated carbocycles. The van der Waals surface area contributed by atoms with E-state index in [9.17, 15) is 17.6 Å². The summed E-state index contributed by atoms with van der Waals surface area (Å²) in [4.78, 5) is 13.0. The Labute approximate surface area is 232 Å². The lowest BCUT2D eigenvalue weighted by atomic mass is 10.2. The molecule has 39 heavy (non-hydrogen) atoms. The molecule has 0 aliphatic rings. The lowest BCUT2D eigenvalue weighted by molar-refractivity contribution is -0.119. The molecule has 3 aromatic carbocycles. The normalized spacial score (nSPS) is 11.6. The molecule has 7 nitrogen and oxygen atoms in total. The Kier molecular flexibility index (Phi) is 8.22. The molecule has 1 amide bonds. The Balaban J connectivity index is 1.58. The summed E-state index contributed by atoms with van der Waals surface area (Å²) in [6, 6.07) is 19.3. The molecule has 4 aromatic rings. The van der Waals surface area contributed by atoms with Gasteiger partial charge < -0.3 is 4.57 Å². The highest BCUT2D eigenvalue weighted by atomic mass is 35.5. The van der Waals surface area contributed by atoms with Gasteiger partial charge in [-0.15, -0.1) is 0 Å². The molecule has 0 spiro atoms. The second-order valence-corrected chi connectivity index (χ2v) is 11.4. The van der Waals surface area contributed by atoms with Crippen LogP contribution in [0.4, 0.5) is 10.1 Å². The molecule has 4 rings (SSSR count). The zero-order valence-electron chi connectivity index (χ0n) is 21.9. The molecule has 0 radical (unpaired) electrons. The number of hydrogen-bond donors (Lipinski definition) is 1. The molecule has 1 heterocycles. The van der Waals surface area contributed by atoms with Crippen LogP contribution in [0.15, 0.2) is 82.8 Å². The predicted molar refractivity (Wildman–Crippen MR) is 153 cm³/mol. The highest BCUT2D eigenvalue weighted by Gasteiger charge is 2.28. The van der Waals surface area contributed by atoms with E-state index in [0.29, 0.717) is 16.3 Å². The molecule has 202 valence electrons. The van der Waals surface area contributed by atoms with Crippen molar-refractivity contribution in [1.82, 2.24) is 9.99 Å². The van der Waals surface area contributed by atoms with Crippen LogP contribution in [0.5, 0.6) is 0 Å². The molecule has 0 aliphatic carbocycles. The number of hydrogen-bond acceptors (Lipinski definition) is 4. The minimum absolute atomic E-state index is 0.0528. The number of nitrogens with zero attached hydrogens (tertiary/aromatic N) is 3. The Morgan fingerprint density at radius 3 is 2.36 bits per heavy atom. The topological polar surface area (TPSA) is 83.8 Å². The fraction of sp³-hybridized carbons (Fsp3) is 0.172. The number of rotatable bonds is 8. The van der Waals surface area contributed by atoms with Gasteiger partial charge in [-0.3, -0.25) is 9.10 Å². The van der Waals surface area contributed by atoms with E-state index in [4.69, 9.17) is 11.6 Å². The second kappa shape index (κ2) is 11.4. The van der Waals surface area contributed by atoms with Gasteiger partial charge in [0.1, 0.15) is 12.4 Å². The van der Waals surface area contributed by atoms with Crippen LogP contribution in [0.3, 0.4) is 0 Å². The van der Waals surface area contributed by atoms with E-state index in [2.05, 4.69) is 10.5 Å². The van der Waals surface area contributed by atoms with Gasteiger partial charge in [0.15, 0.2) is 0 Å². The summed E-state index contributed by atoms with van der Waals surface area (Å²) in [5, 5.41) is 4.45. The van der Waals surface area contributed by atoms with Crippen molar-refractivity contribution in [2.45, 2.75) is 32.6 Å². The lowest BCUT2D eigenvalue weighted by Gasteiger charge is -2.25. The van der Waals surface area contributed by atoms with Crippen LogP contribution < -0.4 is 9.73 Å². The van der Waals surface area contributed by atoms with Gasteiger partial charge in [0.05, 0.1) is 16.8 Å². The summed E-state index contributed by atoms with van der Waals surface area (Å²) in [5.74, 6) is -0.953. The van der Waals surface area contributed by atoms with Crippen LogP contribution in [0.25, 0.3) is 5.69 Å². The molecular weight excluding hydrogens is 539 g/mol. The molecule has 10 heteroatoms. The number of carbonyl (C=O) groups is 1. The summed E-state index contributed by atoms with van der Waals surface area (Å²) in [5.41, 5.74) is 7.45. The standard InChI is InChI=1S/C29H28ClFN4O3S/c1-19-8-14-26(15-9-19)39(37,38)34(28-7-5-6-27(30)21(28)3)18-29(36)33-32-17-23-16-20(2)35(22(23)4)25-12-10-24(31)11-13-25/h5-17H,18H2,1-4H3,(H,33,36)/b32-17+. The van der Waals surface area contributed by atoms with Crippen molar-refractivity contribution in [3.05, 3.63) is 112 Å². The minimum Gasteiger partial charge on any atom is -0.318 e. The van der Waals surface area contributed by atoms with Gasteiger partial charge in [0.25, 0.3) is 15.9 Å². The largest absolute Gasteiger partial charge is 0.318 e. The van der Waals surface area contributed by atoms with Crippen LogP contribution in [0.1, 0.15) is 28.1 Å². The number of anilines is 1. The first kappa shape index (κ1) is 28.1. The average Bonchev–Trinajstić information content (AvgIpc) is 3.18. The van der Waals surface area contributed by atoms with E-state index in [-0.39, 0.29) is 10.7 Å². The molecule has 0 atom stereocenters. The minimum atomic E-state index is -4.09. The average molecular weight is 567 g/mol. The van der Waals surface area contributed by atoms with Crippen LogP contribution in [0.2, 0.25) is 5.02 Å². The number of benzene rings is 3. The summed E-state index contributed by atoms with van der Waals surface area (Å²) < 4.78 is 43.6. The van der Waals surface area contributed by atoms with Crippen molar-refractivity contribution in [1.29, 1.82) is 0 Å². The summed E-state index contributed by atoms with van der Waals surface area (Å²) in [7, 11) is -4.09. The number of aromatic nitrogens is 1. The van der Waals surface area contributed by atoms with Gasteiger partial charge in [-0.25, -0.2) is 18.2 Å². The van der Waals surface area contributed by atoms with Crippen molar-refractivity contribution in [3.8, 4) is 5.69 Å². The quantitative estimate of drug-likeness (QED) is 0.214. The maximum atomic E-state index is 13.6. The number of nitrogens with one attached hydrogen (secondary N) is 1. The number of amides is 1. The highest BCUT2D eigenvalue weighted by Crippen LogP contribution is 2.31. The predicted octanol–water partition coefficient (Wildman–Crippen LogP) is 5.85. The van der Waals surface area contributed by atoms with Crippen molar-refractivity contribution in [2.75, 3.05) is 10.8 Å². The van der Waals surface area contributed by atoms with Crippen molar-refractivity contribution in [3.63, 3.8) is 0 Å². The van der Waals surface area contributed by atoms with Crippen LogP contribution in [-0.2, 0) is 14.8 Å². The first-order valence-corrected chi connectivity index (χ1v) is 13.9. The molecule has 0 unspecified atom stereocenters. The first-order chi connectivity index (χ1) is 18.5. The third-order valence-corrected chi connectivity index (χ3v) is 8.54. The number of aryl methyl sites for hydroxylation is 2. The van der Waals surface area contributed by atoms with E-state index in [1.165, 1.54) is 30.5 Å². The van der Waals surface area contributed by atoms with Gasteiger partial charge in [0.2, 0.25) is 0 Å². The number of carbonyl (C=O) groups excluding carboxylic acids is 1. The third kappa shape index (κ3) is 6.05. The van der Waals surface area contributed by atoms with Gasteiger partial charge in [-0.05, 0) is 87.9 Å². The van der Waals surface area contributed by atoms with Crippen molar-refractivity contribution >= 4 is 39.4 Å². The smallest absolute Gasteiger partial charge is 0.264 e. The molecule has 0 bridgehead atoms. The third-order valence-electron chi connectivity index (χ3n) is 6.35. The van der Waals surface area contributed by atoms with Crippen LogP contribution >= 0.6 is 11.6 Å². The molecule has 0 fully saturated rings. The summed E-state index contributed by atoms with van der Waals surface area (Å²) in [6.45, 7) is 6.84. The number of hydrazone groups is 1. The van der Waals surface area contributed by atoms with Crippen LogP contribution in [0, 0.1) is 33.5 Å². The van der Waals surface area contributed by atoms with Crippen molar-refractivity contribution < 1.29 is 17.6 Å². The Bertz CT molecular complexity index is 1650. The highest BCUT2D eigenvalue weighted by molar-refractivity contribution is 7.92. The maximum absolute atomic E-state index is 13.6. The molecular formula is C29H28ClFN4O3S. The molecule has 0 saturated heterocycles. The Hall–Kier alpha value is -3.95. The molecule has 0 aliphatic heterocycles. The van der Waals surface area contributed by atoms with E-state index >= 15 is 0 Å². The first-order valence-electron chi connectivity index (χ1n) is 12.1. The number of halogens is 2.